The number of carbonyl (C=O) groups is 1. The van der Waals surface area contributed by atoms with Crippen LogP contribution in [0.25, 0.3) is 0 Å². The molecule has 5 nitrogen and oxygen atoms in total. The zero-order valence-electron chi connectivity index (χ0n) is 10.9. The molecule has 2 N–H and O–H groups in total. The van der Waals surface area contributed by atoms with Gasteiger partial charge in [0.1, 0.15) is 0 Å². The summed E-state index contributed by atoms with van der Waals surface area (Å²) in [5, 5.41) is 11.6. The van der Waals surface area contributed by atoms with E-state index in [4.69, 9.17) is 23.2 Å². The summed E-state index contributed by atoms with van der Waals surface area (Å²) in [6.07, 6.45) is 3.70. The quantitative estimate of drug-likeness (QED) is 0.669. The summed E-state index contributed by atoms with van der Waals surface area (Å²) in [4.78, 5) is 11.9. The van der Waals surface area contributed by atoms with E-state index in [1.165, 1.54) is 6.21 Å². The maximum Gasteiger partial charge on any atom is 0.291 e. The maximum absolute atomic E-state index is 11.9. The second kappa shape index (κ2) is 5.87. The van der Waals surface area contributed by atoms with Gasteiger partial charge in [0.15, 0.2) is 5.69 Å². The molecule has 0 spiro atoms. The Balaban J connectivity index is 1.66. The second-order valence-corrected chi connectivity index (χ2v) is 5.63. The number of halogens is 2. The third-order valence-corrected chi connectivity index (χ3v) is 3.87. The number of amides is 1. The monoisotopic (exact) mass is 322 g/mol. The van der Waals surface area contributed by atoms with Crippen molar-refractivity contribution in [2.45, 2.75) is 18.8 Å². The number of hydrazone groups is 1. The number of rotatable bonds is 4. The van der Waals surface area contributed by atoms with E-state index in [2.05, 4.69) is 20.7 Å². The van der Waals surface area contributed by atoms with E-state index in [0.29, 0.717) is 27.2 Å². The van der Waals surface area contributed by atoms with Crippen molar-refractivity contribution in [3.8, 4) is 0 Å². The largest absolute Gasteiger partial charge is 0.291 e. The molecule has 0 unspecified atom stereocenters. The second-order valence-electron chi connectivity index (χ2n) is 4.82. The highest BCUT2D eigenvalue weighted by Gasteiger charge is 2.26. The molecule has 1 aliphatic rings. The van der Waals surface area contributed by atoms with Gasteiger partial charge in [-0.1, -0.05) is 29.3 Å². The van der Waals surface area contributed by atoms with Crippen LogP contribution in [0, 0.1) is 0 Å². The third-order valence-electron chi connectivity index (χ3n) is 3.21. The lowest BCUT2D eigenvalue weighted by Crippen LogP contribution is -2.18. The Morgan fingerprint density at radius 3 is 2.76 bits per heavy atom. The fourth-order valence-electron chi connectivity index (χ4n) is 1.90. The van der Waals surface area contributed by atoms with Gasteiger partial charge in [0.05, 0.1) is 16.3 Å². The summed E-state index contributed by atoms with van der Waals surface area (Å²) in [6.45, 7) is 0. The fourth-order valence-corrected chi connectivity index (χ4v) is 2.40. The van der Waals surface area contributed by atoms with Crippen LogP contribution in [-0.2, 0) is 0 Å². The van der Waals surface area contributed by atoms with Gasteiger partial charge >= 0.3 is 0 Å². The van der Waals surface area contributed by atoms with E-state index < -0.39 is 0 Å². The first-order valence-electron chi connectivity index (χ1n) is 6.48. The van der Waals surface area contributed by atoms with E-state index in [9.17, 15) is 4.79 Å². The van der Waals surface area contributed by atoms with E-state index >= 15 is 0 Å². The molecule has 0 saturated heterocycles. The molecule has 1 saturated carbocycles. The Kier molecular flexibility index (Phi) is 3.94. The number of nitrogens with one attached hydrogen (secondary N) is 2. The molecule has 108 valence electrons. The van der Waals surface area contributed by atoms with Crippen LogP contribution in [-0.4, -0.2) is 22.3 Å². The van der Waals surface area contributed by atoms with E-state index in [-0.39, 0.29) is 5.91 Å². The van der Waals surface area contributed by atoms with Gasteiger partial charge in [0, 0.05) is 17.2 Å². The topological polar surface area (TPSA) is 70.1 Å². The summed E-state index contributed by atoms with van der Waals surface area (Å²) >= 11 is 12.0. The number of H-pyrrole nitrogens is 1. The summed E-state index contributed by atoms with van der Waals surface area (Å²) < 4.78 is 0. The molecule has 0 radical (unpaired) electrons. The Bertz CT molecular complexity index is 686. The molecule has 1 aliphatic carbocycles. The molecule has 0 atom stereocenters. The van der Waals surface area contributed by atoms with Crippen molar-refractivity contribution in [1.29, 1.82) is 0 Å². The first-order valence-corrected chi connectivity index (χ1v) is 7.23. The van der Waals surface area contributed by atoms with Gasteiger partial charge in [-0.25, -0.2) is 5.43 Å². The molecule has 0 bridgehead atoms. The van der Waals surface area contributed by atoms with Crippen LogP contribution in [0.3, 0.4) is 0 Å². The molecule has 0 aliphatic heterocycles. The zero-order chi connectivity index (χ0) is 14.8. The van der Waals surface area contributed by atoms with E-state index in [1.807, 2.05) is 0 Å². The molecule has 3 rings (SSSR count). The van der Waals surface area contributed by atoms with Gasteiger partial charge in [0.2, 0.25) is 0 Å². The number of benzene rings is 1. The zero-order valence-corrected chi connectivity index (χ0v) is 12.4. The van der Waals surface area contributed by atoms with Crippen LogP contribution in [0.2, 0.25) is 10.0 Å². The molecule has 2 aromatic rings. The highest BCUT2D eigenvalue weighted by atomic mass is 35.5. The molecule has 1 aromatic heterocycles. The summed E-state index contributed by atoms with van der Waals surface area (Å²) in [7, 11) is 0. The normalized spacial score (nSPS) is 14.6. The summed E-state index contributed by atoms with van der Waals surface area (Å²) in [5.74, 6) is 0.141. The van der Waals surface area contributed by atoms with Crippen LogP contribution >= 0.6 is 23.2 Å². The molecule has 1 amide bonds. The average molecular weight is 323 g/mol. The fraction of sp³-hybridized carbons (Fsp3) is 0.214. The van der Waals surface area contributed by atoms with Crippen molar-refractivity contribution >= 4 is 35.3 Å². The predicted molar refractivity (Wildman–Crippen MR) is 82.1 cm³/mol. The number of hydrogen-bond acceptors (Lipinski definition) is 3. The SMILES string of the molecule is O=C(N/N=C\c1c(Cl)cccc1Cl)c1cc(C2CC2)[nH]n1. The minimum Gasteiger partial charge on any atom is -0.281 e. The van der Waals surface area contributed by atoms with Crippen molar-refractivity contribution in [2.75, 3.05) is 0 Å². The third kappa shape index (κ3) is 3.25. The molecule has 7 heteroatoms. The van der Waals surface area contributed by atoms with Gasteiger partial charge < -0.3 is 0 Å². The number of carbonyl (C=O) groups excluding carboxylic acids is 1. The van der Waals surface area contributed by atoms with E-state index in [0.717, 1.165) is 18.5 Å². The van der Waals surface area contributed by atoms with Crippen LogP contribution in [0.5, 0.6) is 0 Å². The minimum atomic E-state index is -0.377. The van der Waals surface area contributed by atoms with Crippen molar-refractivity contribution in [3.63, 3.8) is 0 Å². The highest BCUT2D eigenvalue weighted by Crippen LogP contribution is 2.38. The predicted octanol–water partition coefficient (Wildman–Crippen LogP) is 3.36. The number of aromatic nitrogens is 2. The van der Waals surface area contributed by atoms with Crippen molar-refractivity contribution in [1.82, 2.24) is 15.6 Å². The average Bonchev–Trinajstić information content (AvgIpc) is 3.19. The van der Waals surface area contributed by atoms with E-state index in [1.54, 1.807) is 24.3 Å². The van der Waals surface area contributed by atoms with Gasteiger partial charge in [-0.05, 0) is 31.0 Å². The van der Waals surface area contributed by atoms with Crippen LogP contribution in [0.15, 0.2) is 29.4 Å². The lowest BCUT2D eigenvalue weighted by molar-refractivity contribution is 0.0950. The standard InChI is InChI=1S/C14H12Cl2N4O/c15-10-2-1-3-11(16)9(10)7-17-20-14(21)13-6-12(18-19-13)8-4-5-8/h1-3,6-8H,4-5H2,(H,18,19)(H,20,21)/b17-7-. The first kappa shape index (κ1) is 14.1. The lowest BCUT2D eigenvalue weighted by atomic mass is 10.2. The van der Waals surface area contributed by atoms with Crippen LogP contribution < -0.4 is 5.43 Å². The molecular formula is C14H12Cl2N4O. The van der Waals surface area contributed by atoms with Gasteiger partial charge in [-0.15, -0.1) is 0 Å². The minimum absolute atomic E-state index is 0.319. The number of hydrogen-bond donors (Lipinski definition) is 2. The number of aromatic amines is 1. The number of nitrogens with zero attached hydrogens (tertiary/aromatic N) is 2. The van der Waals surface area contributed by atoms with Gasteiger partial charge in [-0.3, -0.25) is 9.89 Å². The molecule has 1 fully saturated rings. The Hall–Kier alpha value is -1.85. The molecule has 1 aromatic carbocycles. The van der Waals surface area contributed by atoms with Crippen molar-refractivity contribution < 1.29 is 4.79 Å². The first-order chi connectivity index (χ1) is 10.1. The molecular weight excluding hydrogens is 311 g/mol. The molecule has 21 heavy (non-hydrogen) atoms. The Morgan fingerprint density at radius 2 is 2.10 bits per heavy atom. The molecule has 1 heterocycles. The lowest BCUT2D eigenvalue weighted by Gasteiger charge is -2.00. The smallest absolute Gasteiger partial charge is 0.281 e. The van der Waals surface area contributed by atoms with Gasteiger partial charge in [-0.2, -0.15) is 10.2 Å². The van der Waals surface area contributed by atoms with Crippen LogP contribution in [0.4, 0.5) is 0 Å². The van der Waals surface area contributed by atoms with Crippen molar-refractivity contribution in [2.24, 2.45) is 5.10 Å². The summed E-state index contributed by atoms with van der Waals surface area (Å²) in [5.41, 5.74) is 4.28. The maximum atomic E-state index is 11.9. The highest BCUT2D eigenvalue weighted by molar-refractivity contribution is 6.38. The Morgan fingerprint density at radius 1 is 1.38 bits per heavy atom. The summed E-state index contributed by atoms with van der Waals surface area (Å²) in [6, 6.07) is 6.90. The van der Waals surface area contributed by atoms with Crippen molar-refractivity contribution in [3.05, 3.63) is 51.3 Å². The van der Waals surface area contributed by atoms with Crippen LogP contribution in [0.1, 0.15) is 40.5 Å². The van der Waals surface area contributed by atoms with Gasteiger partial charge in [0.25, 0.3) is 5.91 Å². The Labute approximate surface area is 131 Å².